The van der Waals surface area contributed by atoms with Gasteiger partial charge in [-0.25, -0.2) is 4.68 Å². The Labute approximate surface area is 124 Å². The number of rotatable bonds is 6. The van der Waals surface area contributed by atoms with Gasteiger partial charge in [0.2, 0.25) is 0 Å². The normalized spacial score (nSPS) is 10.4. The number of carbonyl (C=O) groups excluding carboxylic acids is 1. The van der Waals surface area contributed by atoms with E-state index in [4.69, 9.17) is 4.74 Å². The van der Waals surface area contributed by atoms with Crippen LogP contribution in [-0.4, -0.2) is 22.2 Å². The largest absolute Gasteiger partial charge is 0.471 e. The number of ether oxygens (including phenoxy) is 1. The van der Waals surface area contributed by atoms with E-state index >= 15 is 0 Å². The van der Waals surface area contributed by atoms with Crippen molar-refractivity contribution in [3.05, 3.63) is 47.3 Å². The van der Waals surface area contributed by atoms with Crippen LogP contribution >= 0.6 is 0 Å². The third-order valence-electron chi connectivity index (χ3n) is 2.97. The van der Waals surface area contributed by atoms with Crippen molar-refractivity contribution in [1.29, 1.82) is 0 Å². The van der Waals surface area contributed by atoms with E-state index in [1.807, 2.05) is 32.9 Å². The van der Waals surface area contributed by atoms with E-state index in [1.165, 1.54) is 0 Å². The van der Waals surface area contributed by atoms with E-state index in [1.54, 1.807) is 16.9 Å². The molecule has 0 spiro atoms. The lowest BCUT2D eigenvalue weighted by atomic mass is 10.1. The molecule has 1 amide bonds. The minimum Gasteiger partial charge on any atom is -0.471 e. The molecule has 0 aliphatic carbocycles. The van der Waals surface area contributed by atoms with E-state index in [0.29, 0.717) is 12.2 Å². The lowest BCUT2D eigenvalue weighted by Crippen LogP contribution is -2.24. The number of hydrogen-bond donors (Lipinski definition) is 1. The molecule has 2 aromatic rings. The van der Waals surface area contributed by atoms with Crippen molar-refractivity contribution in [3.63, 3.8) is 0 Å². The van der Waals surface area contributed by atoms with Gasteiger partial charge in [0.15, 0.2) is 6.73 Å². The Hall–Kier alpha value is -2.30. The summed E-state index contributed by atoms with van der Waals surface area (Å²) in [7, 11) is 0. The molecule has 5 heteroatoms. The van der Waals surface area contributed by atoms with Gasteiger partial charge in [-0.05, 0) is 49.6 Å². The smallest absolute Gasteiger partial charge is 0.271 e. The summed E-state index contributed by atoms with van der Waals surface area (Å²) in [5.41, 5.74) is 2.72. The van der Waals surface area contributed by atoms with Gasteiger partial charge in [-0.1, -0.05) is 13.0 Å². The molecular formula is C16H21N3O2. The lowest BCUT2D eigenvalue weighted by Gasteiger charge is -2.08. The number of carbonyl (C=O) groups is 1. The van der Waals surface area contributed by atoms with Gasteiger partial charge >= 0.3 is 0 Å². The molecule has 1 aromatic carbocycles. The second-order valence-corrected chi connectivity index (χ2v) is 5.09. The zero-order valence-corrected chi connectivity index (χ0v) is 12.7. The molecule has 21 heavy (non-hydrogen) atoms. The molecule has 0 saturated heterocycles. The van der Waals surface area contributed by atoms with Gasteiger partial charge in [-0.2, -0.15) is 5.10 Å². The van der Waals surface area contributed by atoms with Gasteiger partial charge in [0.05, 0.1) is 0 Å². The Kier molecular flexibility index (Phi) is 4.98. The quantitative estimate of drug-likeness (QED) is 0.888. The number of nitrogens with zero attached hydrogens (tertiary/aromatic N) is 2. The number of hydrogen-bond acceptors (Lipinski definition) is 3. The maximum Gasteiger partial charge on any atom is 0.271 e. The van der Waals surface area contributed by atoms with Gasteiger partial charge in [0.1, 0.15) is 11.4 Å². The molecule has 5 nitrogen and oxygen atoms in total. The third-order valence-corrected chi connectivity index (χ3v) is 2.97. The van der Waals surface area contributed by atoms with Crippen LogP contribution in [0.3, 0.4) is 0 Å². The zero-order valence-electron chi connectivity index (χ0n) is 12.7. The Morgan fingerprint density at radius 3 is 2.67 bits per heavy atom. The van der Waals surface area contributed by atoms with Crippen LogP contribution in [-0.2, 0) is 6.73 Å². The Morgan fingerprint density at radius 1 is 1.29 bits per heavy atom. The molecule has 0 saturated carbocycles. The molecule has 1 heterocycles. The number of benzene rings is 1. The third kappa shape index (κ3) is 4.34. The number of aryl methyl sites for hydroxylation is 2. The maximum atomic E-state index is 11.8. The molecule has 2 rings (SSSR count). The topological polar surface area (TPSA) is 56.2 Å². The molecular weight excluding hydrogens is 266 g/mol. The average Bonchev–Trinajstić information content (AvgIpc) is 2.90. The summed E-state index contributed by atoms with van der Waals surface area (Å²) in [5.74, 6) is 0.655. The Bertz CT molecular complexity index is 599. The minimum atomic E-state index is -0.151. The number of amides is 1. The highest BCUT2D eigenvalue weighted by Gasteiger charge is 2.08. The summed E-state index contributed by atoms with van der Waals surface area (Å²) < 4.78 is 7.31. The first-order chi connectivity index (χ1) is 10.1. The van der Waals surface area contributed by atoms with E-state index in [0.717, 1.165) is 23.3 Å². The summed E-state index contributed by atoms with van der Waals surface area (Å²) in [5, 5.41) is 7.00. The molecule has 1 aromatic heterocycles. The van der Waals surface area contributed by atoms with Crippen molar-refractivity contribution in [2.45, 2.75) is 33.9 Å². The van der Waals surface area contributed by atoms with Crippen LogP contribution in [0.2, 0.25) is 0 Å². The molecule has 0 atom stereocenters. The standard InChI is InChI=1S/C16H21N3O2/c1-4-6-17-16(20)15-5-7-19(18-15)11-21-14-9-12(2)8-13(3)10-14/h5,7-10H,4,6,11H2,1-3H3,(H,17,20). The monoisotopic (exact) mass is 287 g/mol. The van der Waals surface area contributed by atoms with Crippen LogP contribution < -0.4 is 10.1 Å². The van der Waals surface area contributed by atoms with E-state index in [9.17, 15) is 4.79 Å². The van der Waals surface area contributed by atoms with Gasteiger partial charge < -0.3 is 10.1 Å². The number of aromatic nitrogens is 2. The Morgan fingerprint density at radius 2 is 2.00 bits per heavy atom. The van der Waals surface area contributed by atoms with Crippen molar-refractivity contribution in [2.75, 3.05) is 6.54 Å². The molecule has 0 unspecified atom stereocenters. The molecule has 0 radical (unpaired) electrons. The number of nitrogens with one attached hydrogen (secondary N) is 1. The van der Waals surface area contributed by atoms with Crippen molar-refractivity contribution in [3.8, 4) is 5.75 Å². The van der Waals surface area contributed by atoms with Crippen molar-refractivity contribution in [1.82, 2.24) is 15.1 Å². The predicted octanol–water partition coefficient (Wildman–Crippen LogP) is 2.68. The van der Waals surface area contributed by atoms with Gasteiger partial charge in [0.25, 0.3) is 5.91 Å². The van der Waals surface area contributed by atoms with Gasteiger partial charge in [0, 0.05) is 12.7 Å². The average molecular weight is 287 g/mol. The summed E-state index contributed by atoms with van der Waals surface area (Å²) in [6.45, 7) is 7.01. The first-order valence-electron chi connectivity index (χ1n) is 7.11. The predicted molar refractivity (Wildman–Crippen MR) is 81.4 cm³/mol. The molecule has 1 N–H and O–H groups in total. The first-order valence-corrected chi connectivity index (χ1v) is 7.11. The first kappa shape index (κ1) is 15.1. The van der Waals surface area contributed by atoms with Crippen molar-refractivity contribution < 1.29 is 9.53 Å². The fourth-order valence-electron chi connectivity index (χ4n) is 2.04. The molecule has 0 aliphatic rings. The van der Waals surface area contributed by atoms with Crippen LogP contribution in [0, 0.1) is 13.8 Å². The molecule has 0 aliphatic heterocycles. The summed E-state index contributed by atoms with van der Waals surface area (Å²) in [6.07, 6.45) is 2.64. The van der Waals surface area contributed by atoms with E-state index < -0.39 is 0 Å². The van der Waals surface area contributed by atoms with Crippen molar-refractivity contribution in [2.24, 2.45) is 0 Å². The van der Waals surface area contributed by atoms with E-state index in [2.05, 4.69) is 16.5 Å². The maximum absolute atomic E-state index is 11.8. The Balaban J connectivity index is 1.95. The van der Waals surface area contributed by atoms with Crippen LogP contribution in [0.15, 0.2) is 30.5 Å². The molecule has 0 bridgehead atoms. The zero-order chi connectivity index (χ0) is 15.2. The molecule has 0 fully saturated rings. The highest BCUT2D eigenvalue weighted by atomic mass is 16.5. The lowest BCUT2D eigenvalue weighted by molar-refractivity contribution is 0.0946. The van der Waals surface area contributed by atoms with Crippen LogP contribution in [0.5, 0.6) is 5.75 Å². The summed E-state index contributed by atoms with van der Waals surface area (Å²) in [6, 6.07) is 7.74. The van der Waals surface area contributed by atoms with E-state index in [-0.39, 0.29) is 12.6 Å². The fraction of sp³-hybridized carbons (Fsp3) is 0.375. The van der Waals surface area contributed by atoms with Crippen LogP contribution in [0.1, 0.15) is 35.0 Å². The summed E-state index contributed by atoms with van der Waals surface area (Å²) >= 11 is 0. The fourth-order valence-corrected chi connectivity index (χ4v) is 2.04. The summed E-state index contributed by atoms with van der Waals surface area (Å²) in [4.78, 5) is 11.8. The highest BCUT2D eigenvalue weighted by molar-refractivity contribution is 5.92. The second-order valence-electron chi connectivity index (χ2n) is 5.09. The molecule has 112 valence electrons. The minimum absolute atomic E-state index is 0.151. The van der Waals surface area contributed by atoms with Crippen LogP contribution in [0.25, 0.3) is 0 Å². The highest BCUT2D eigenvalue weighted by Crippen LogP contribution is 2.16. The second kappa shape index (κ2) is 6.92. The van der Waals surface area contributed by atoms with Crippen molar-refractivity contribution >= 4 is 5.91 Å². The van der Waals surface area contributed by atoms with Gasteiger partial charge in [-0.15, -0.1) is 0 Å². The van der Waals surface area contributed by atoms with Gasteiger partial charge in [-0.3, -0.25) is 4.79 Å². The van der Waals surface area contributed by atoms with Crippen LogP contribution in [0.4, 0.5) is 0 Å². The SMILES string of the molecule is CCCNC(=O)c1ccn(COc2cc(C)cc(C)c2)n1.